The molecule has 1 amide bonds. The van der Waals surface area contributed by atoms with Crippen molar-refractivity contribution >= 4 is 45.2 Å². The number of aromatic nitrogens is 2. The summed E-state index contributed by atoms with van der Waals surface area (Å²) in [7, 11) is 0. The molecule has 8 heteroatoms. The molecule has 0 unspecified atom stereocenters. The van der Waals surface area contributed by atoms with E-state index in [2.05, 4.69) is 29.1 Å². The van der Waals surface area contributed by atoms with Gasteiger partial charge in [-0.05, 0) is 37.5 Å². The molecule has 2 heterocycles. The molecule has 2 aromatic heterocycles. The van der Waals surface area contributed by atoms with Crippen LogP contribution in [-0.2, 0) is 9.53 Å². The molecule has 3 aromatic rings. The van der Waals surface area contributed by atoms with E-state index in [1.807, 2.05) is 26.0 Å². The van der Waals surface area contributed by atoms with Gasteiger partial charge in [0.1, 0.15) is 16.2 Å². The van der Waals surface area contributed by atoms with Gasteiger partial charge in [-0.1, -0.05) is 37.7 Å². The molecule has 6 nitrogen and oxygen atoms in total. The van der Waals surface area contributed by atoms with Crippen LogP contribution < -0.4 is 5.32 Å². The molecule has 0 saturated heterocycles. The van der Waals surface area contributed by atoms with E-state index in [9.17, 15) is 9.59 Å². The lowest BCUT2D eigenvalue weighted by Crippen LogP contribution is -2.31. The minimum atomic E-state index is -0.531. The van der Waals surface area contributed by atoms with Crippen LogP contribution >= 0.6 is 23.1 Å². The van der Waals surface area contributed by atoms with Crippen LogP contribution in [0, 0.1) is 19.8 Å². The number of amides is 1. The summed E-state index contributed by atoms with van der Waals surface area (Å²) in [6.45, 7) is 8.36. The molecule has 0 bridgehead atoms. The monoisotopic (exact) mass is 429 g/mol. The summed E-state index contributed by atoms with van der Waals surface area (Å²) in [5, 5.41) is 4.54. The standard InChI is InChI=1S/C21H23N3O3S2/c1-12(2)9-22-17(25)10-27-21(26)15-7-5-6-8-16(15)29-20-18-13(3)14(4)28-19(18)23-11-24-20/h5-8,11-12H,9-10H2,1-4H3,(H,22,25). The fourth-order valence-corrected chi connectivity index (χ4v) is 4.76. The first-order valence-corrected chi connectivity index (χ1v) is 10.9. The topological polar surface area (TPSA) is 81.2 Å². The molecule has 0 radical (unpaired) electrons. The zero-order valence-electron chi connectivity index (χ0n) is 16.8. The van der Waals surface area contributed by atoms with Gasteiger partial charge in [-0.2, -0.15) is 0 Å². The first-order chi connectivity index (χ1) is 13.9. The number of fused-ring (bicyclic) bond motifs is 1. The normalized spacial score (nSPS) is 11.1. The Kier molecular flexibility index (Phi) is 6.87. The van der Waals surface area contributed by atoms with E-state index in [0.29, 0.717) is 18.0 Å². The number of nitrogens with one attached hydrogen (secondary N) is 1. The van der Waals surface area contributed by atoms with Crippen LogP contribution in [0.15, 0.2) is 40.5 Å². The second-order valence-corrected chi connectivity index (χ2v) is 9.25. The first-order valence-electron chi connectivity index (χ1n) is 9.28. The van der Waals surface area contributed by atoms with Crippen LogP contribution in [0.2, 0.25) is 0 Å². The molecule has 0 aliphatic rings. The van der Waals surface area contributed by atoms with Crippen molar-refractivity contribution in [1.29, 1.82) is 0 Å². The van der Waals surface area contributed by atoms with E-state index in [0.717, 1.165) is 25.7 Å². The van der Waals surface area contributed by atoms with Crippen molar-refractivity contribution in [2.24, 2.45) is 5.92 Å². The number of carbonyl (C=O) groups excluding carboxylic acids is 2. The highest BCUT2D eigenvalue weighted by Gasteiger charge is 2.18. The Morgan fingerprint density at radius 1 is 1.21 bits per heavy atom. The van der Waals surface area contributed by atoms with Gasteiger partial charge < -0.3 is 10.1 Å². The van der Waals surface area contributed by atoms with Gasteiger partial charge in [0, 0.05) is 21.7 Å². The average Bonchev–Trinajstić information content (AvgIpc) is 2.99. The second kappa shape index (κ2) is 9.37. The van der Waals surface area contributed by atoms with Crippen molar-refractivity contribution in [2.45, 2.75) is 37.6 Å². The molecule has 1 aromatic carbocycles. The van der Waals surface area contributed by atoms with Gasteiger partial charge >= 0.3 is 5.97 Å². The number of esters is 1. The van der Waals surface area contributed by atoms with Crippen molar-refractivity contribution in [3.8, 4) is 0 Å². The molecular weight excluding hydrogens is 406 g/mol. The number of ether oxygens (including phenoxy) is 1. The van der Waals surface area contributed by atoms with E-state index in [1.165, 1.54) is 16.6 Å². The molecule has 0 atom stereocenters. The molecule has 29 heavy (non-hydrogen) atoms. The van der Waals surface area contributed by atoms with Gasteiger partial charge in [-0.15, -0.1) is 11.3 Å². The van der Waals surface area contributed by atoms with E-state index >= 15 is 0 Å². The highest BCUT2D eigenvalue weighted by atomic mass is 32.2. The fraction of sp³-hybridized carbons (Fsp3) is 0.333. The Bertz CT molecular complexity index is 1050. The Hall–Kier alpha value is -2.45. The molecule has 0 aliphatic heterocycles. The first kappa shape index (κ1) is 21.3. The van der Waals surface area contributed by atoms with Crippen molar-refractivity contribution in [3.05, 3.63) is 46.6 Å². The minimum Gasteiger partial charge on any atom is -0.452 e. The quantitative estimate of drug-likeness (QED) is 0.443. The number of benzene rings is 1. The number of carbonyl (C=O) groups is 2. The maximum absolute atomic E-state index is 12.6. The second-order valence-electron chi connectivity index (χ2n) is 7.01. The van der Waals surface area contributed by atoms with Crippen LogP contribution in [-0.4, -0.2) is 35.0 Å². The molecule has 1 N–H and O–H groups in total. The molecule has 0 saturated carbocycles. The van der Waals surface area contributed by atoms with Gasteiger partial charge in [0.15, 0.2) is 6.61 Å². The van der Waals surface area contributed by atoms with Crippen LogP contribution in [0.3, 0.4) is 0 Å². The third-order valence-corrected chi connectivity index (χ3v) is 6.48. The van der Waals surface area contributed by atoms with Gasteiger partial charge in [0.25, 0.3) is 5.91 Å². The third-order valence-electron chi connectivity index (χ3n) is 4.29. The number of hydrogen-bond donors (Lipinski definition) is 1. The zero-order chi connectivity index (χ0) is 21.0. The Morgan fingerprint density at radius 2 is 1.97 bits per heavy atom. The molecule has 0 fully saturated rings. The Balaban J connectivity index is 1.78. The smallest absolute Gasteiger partial charge is 0.339 e. The van der Waals surface area contributed by atoms with Crippen LogP contribution in [0.1, 0.15) is 34.6 Å². The Labute approximate surface area is 178 Å². The van der Waals surface area contributed by atoms with Crippen molar-refractivity contribution in [1.82, 2.24) is 15.3 Å². The predicted octanol–water partition coefficient (Wildman–Crippen LogP) is 4.39. The lowest BCUT2D eigenvalue weighted by atomic mass is 10.2. The summed E-state index contributed by atoms with van der Waals surface area (Å²) < 4.78 is 5.22. The SMILES string of the molecule is Cc1sc2ncnc(Sc3ccccc3C(=O)OCC(=O)NCC(C)C)c2c1C. The number of thiophene rings is 1. The van der Waals surface area contributed by atoms with E-state index in [1.54, 1.807) is 29.8 Å². The summed E-state index contributed by atoms with van der Waals surface area (Å²) >= 11 is 3.03. The summed E-state index contributed by atoms with van der Waals surface area (Å²) in [5.41, 5.74) is 1.56. The third kappa shape index (κ3) is 5.13. The van der Waals surface area contributed by atoms with E-state index in [4.69, 9.17) is 4.74 Å². The van der Waals surface area contributed by atoms with Gasteiger partial charge in [0.2, 0.25) is 0 Å². The van der Waals surface area contributed by atoms with Crippen LogP contribution in [0.5, 0.6) is 0 Å². The van der Waals surface area contributed by atoms with Crippen molar-refractivity contribution in [2.75, 3.05) is 13.2 Å². The number of rotatable bonds is 7. The molecule has 3 rings (SSSR count). The molecule has 0 aliphatic carbocycles. The number of nitrogens with zero attached hydrogens (tertiary/aromatic N) is 2. The molecular formula is C21H23N3O3S2. The van der Waals surface area contributed by atoms with Crippen LogP contribution in [0.4, 0.5) is 0 Å². The summed E-state index contributed by atoms with van der Waals surface area (Å²) in [5.74, 6) is -0.504. The maximum atomic E-state index is 12.6. The van der Waals surface area contributed by atoms with E-state index < -0.39 is 5.97 Å². The van der Waals surface area contributed by atoms with Gasteiger partial charge in [0.05, 0.1) is 5.56 Å². The Morgan fingerprint density at radius 3 is 2.72 bits per heavy atom. The average molecular weight is 430 g/mol. The highest BCUT2D eigenvalue weighted by Crippen LogP contribution is 2.38. The zero-order valence-corrected chi connectivity index (χ0v) is 18.4. The van der Waals surface area contributed by atoms with E-state index in [-0.39, 0.29) is 12.5 Å². The summed E-state index contributed by atoms with van der Waals surface area (Å²) in [6, 6.07) is 7.18. The number of aryl methyl sites for hydroxylation is 2. The molecule has 0 spiro atoms. The lowest BCUT2D eigenvalue weighted by Gasteiger charge is -2.11. The van der Waals surface area contributed by atoms with Crippen LogP contribution in [0.25, 0.3) is 10.2 Å². The summed E-state index contributed by atoms with van der Waals surface area (Å²) in [4.78, 5) is 36.1. The number of hydrogen-bond acceptors (Lipinski definition) is 7. The fourth-order valence-electron chi connectivity index (χ4n) is 2.63. The van der Waals surface area contributed by atoms with Gasteiger partial charge in [-0.3, -0.25) is 4.79 Å². The molecule has 152 valence electrons. The summed E-state index contributed by atoms with van der Waals surface area (Å²) in [6.07, 6.45) is 1.54. The predicted molar refractivity (Wildman–Crippen MR) is 116 cm³/mol. The van der Waals surface area contributed by atoms with Crippen molar-refractivity contribution in [3.63, 3.8) is 0 Å². The van der Waals surface area contributed by atoms with Crippen molar-refractivity contribution < 1.29 is 14.3 Å². The van der Waals surface area contributed by atoms with Gasteiger partial charge in [-0.25, -0.2) is 14.8 Å². The highest BCUT2D eigenvalue weighted by molar-refractivity contribution is 7.99. The largest absolute Gasteiger partial charge is 0.452 e. The minimum absolute atomic E-state index is 0.300. The lowest BCUT2D eigenvalue weighted by molar-refractivity contribution is -0.124. The maximum Gasteiger partial charge on any atom is 0.339 e.